The van der Waals surface area contributed by atoms with Crippen molar-refractivity contribution in [3.8, 4) is 0 Å². The number of amides is 2. The van der Waals surface area contributed by atoms with Crippen LogP contribution in [0.25, 0.3) is 0 Å². The molecule has 0 unspecified atom stereocenters. The molecule has 0 radical (unpaired) electrons. The van der Waals surface area contributed by atoms with Crippen LogP contribution < -0.4 is 15.4 Å². The van der Waals surface area contributed by atoms with Gasteiger partial charge in [0.15, 0.2) is 0 Å². The normalized spacial score (nSPS) is 10.9. The fourth-order valence-electron chi connectivity index (χ4n) is 2.93. The van der Waals surface area contributed by atoms with Crippen LogP contribution in [0, 0.1) is 6.92 Å². The molecule has 3 aromatic rings. The average Bonchev–Trinajstić information content (AvgIpc) is 2.81. The van der Waals surface area contributed by atoms with Crippen molar-refractivity contribution in [1.82, 2.24) is 0 Å². The van der Waals surface area contributed by atoms with Gasteiger partial charge < -0.3 is 14.8 Å². The fraction of sp³-hybridized carbons (Fsp3) is 0.167. The van der Waals surface area contributed by atoms with Gasteiger partial charge in [-0.1, -0.05) is 24.3 Å². The molecule has 0 aliphatic carbocycles. The Morgan fingerprint density at radius 3 is 2.21 bits per heavy atom. The first-order chi connectivity index (χ1) is 16.3. The van der Waals surface area contributed by atoms with Crippen LogP contribution in [0.3, 0.4) is 0 Å². The molecule has 0 bridgehead atoms. The molecule has 0 heterocycles. The third-order valence-electron chi connectivity index (χ3n) is 4.70. The SMILES string of the molecule is COCCOC(=O)Nc1cccc(NC(=O)c2ccc(S(=O)(=O)Nc3ccccc3C)cc2)c1. The molecule has 10 heteroatoms. The summed E-state index contributed by atoms with van der Waals surface area (Å²) in [6, 6.07) is 19.2. The highest BCUT2D eigenvalue weighted by Crippen LogP contribution is 2.21. The lowest BCUT2D eigenvalue weighted by atomic mass is 10.2. The van der Waals surface area contributed by atoms with Crippen molar-refractivity contribution in [3.05, 3.63) is 83.9 Å². The number of sulfonamides is 1. The minimum atomic E-state index is -3.80. The van der Waals surface area contributed by atoms with Crippen LogP contribution in [0.5, 0.6) is 0 Å². The van der Waals surface area contributed by atoms with E-state index >= 15 is 0 Å². The van der Waals surface area contributed by atoms with Gasteiger partial charge in [0.1, 0.15) is 6.61 Å². The van der Waals surface area contributed by atoms with E-state index in [1.165, 1.54) is 31.4 Å². The number of carbonyl (C=O) groups is 2. The van der Waals surface area contributed by atoms with Gasteiger partial charge in [0.05, 0.1) is 17.2 Å². The van der Waals surface area contributed by atoms with Crippen molar-refractivity contribution < 1.29 is 27.5 Å². The maximum Gasteiger partial charge on any atom is 0.411 e. The Balaban J connectivity index is 1.64. The Labute approximate surface area is 198 Å². The predicted molar refractivity (Wildman–Crippen MR) is 130 cm³/mol. The zero-order valence-corrected chi connectivity index (χ0v) is 19.5. The van der Waals surface area contributed by atoms with E-state index in [1.807, 2.05) is 6.07 Å². The molecular formula is C24H25N3O6S. The highest BCUT2D eigenvalue weighted by Gasteiger charge is 2.16. The van der Waals surface area contributed by atoms with Gasteiger partial charge in [-0.15, -0.1) is 0 Å². The first kappa shape index (κ1) is 24.7. The van der Waals surface area contributed by atoms with Crippen molar-refractivity contribution in [2.45, 2.75) is 11.8 Å². The van der Waals surface area contributed by atoms with Gasteiger partial charge in [-0.2, -0.15) is 0 Å². The Hall–Kier alpha value is -3.89. The van der Waals surface area contributed by atoms with E-state index in [4.69, 9.17) is 9.47 Å². The van der Waals surface area contributed by atoms with Crippen molar-refractivity contribution in [3.63, 3.8) is 0 Å². The van der Waals surface area contributed by atoms with Gasteiger partial charge in [-0.05, 0) is 61.0 Å². The highest BCUT2D eigenvalue weighted by molar-refractivity contribution is 7.92. The van der Waals surface area contributed by atoms with E-state index in [0.29, 0.717) is 17.1 Å². The molecule has 0 spiro atoms. The summed E-state index contributed by atoms with van der Waals surface area (Å²) < 4.78 is 37.6. The summed E-state index contributed by atoms with van der Waals surface area (Å²) in [6.45, 7) is 2.21. The Morgan fingerprint density at radius 1 is 0.853 bits per heavy atom. The van der Waals surface area contributed by atoms with Crippen molar-refractivity contribution in [2.24, 2.45) is 0 Å². The van der Waals surface area contributed by atoms with Crippen molar-refractivity contribution in [1.29, 1.82) is 0 Å². The van der Waals surface area contributed by atoms with Gasteiger partial charge >= 0.3 is 6.09 Å². The number of aryl methyl sites for hydroxylation is 1. The third kappa shape index (κ3) is 6.80. The largest absolute Gasteiger partial charge is 0.447 e. The lowest BCUT2D eigenvalue weighted by molar-refractivity contribution is 0.102. The lowest BCUT2D eigenvalue weighted by Crippen LogP contribution is -2.17. The molecule has 3 N–H and O–H groups in total. The summed E-state index contributed by atoms with van der Waals surface area (Å²) in [5.41, 5.74) is 2.43. The van der Waals surface area contributed by atoms with Crippen LogP contribution >= 0.6 is 0 Å². The first-order valence-electron chi connectivity index (χ1n) is 10.3. The summed E-state index contributed by atoms with van der Waals surface area (Å²) in [6.07, 6.45) is -0.642. The molecule has 3 aromatic carbocycles. The third-order valence-corrected chi connectivity index (χ3v) is 6.09. The summed E-state index contributed by atoms with van der Waals surface area (Å²) >= 11 is 0. The van der Waals surface area contributed by atoms with E-state index in [1.54, 1.807) is 49.4 Å². The molecule has 2 amide bonds. The molecule has 0 fully saturated rings. The van der Waals surface area contributed by atoms with E-state index in [2.05, 4.69) is 15.4 Å². The molecule has 34 heavy (non-hydrogen) atoms. The maximum absolute atomic E-state index is 12.7. The molecule has 0 aliphatic rings. The number of methoxy groups -OCH3 is 1. The average molecular weight is 484 g/mol. The van der Waals surface area contributed by atoms with E-state index in [0.717, 1.165) is 5.56 Å². The number of hydrogen-bond acceptors (Lipinski definition) is 6. The summed E-state index contributed by atoms with van der Waals surface area (Å²) in [7, 11) is -2.30. The van der Waals surface area contributed by atoms with Gasteiger partial charge in [0.2, 0.25) is 0 Å². The first-order valence-corrected chi connectivity index (χ1v) is 11.8. The quantitative estimate of drug-likeness (QED) is 0.391. The number of ether oxygens (including phenoxy) is 2. The number of nitrogens with one attached hydrogen (secondary N) is 3. The Morgan fingerprint density at radius 2 is 1.53 bits per heavy atom. The minimum Gasteiger partial charge on any atom is -0.447 e. The topological polar surface area (TPSA) is 123 Å². The van der Waals surface area contributed by atoms with Crippen LogP contribution in [0.1, 0.15) is 15.9 Å². The molecule has 0 saturated carbocycles. The number of anilines is 3. The highest BCUT2D eigenvalue weighted by atomic mass is 32.2. The monoisotopic (exact) mass is 483 g/mol. The van der Waals surface area contributed by atoms with E-state index < -0.39 is 22.0 Å². The van der Waals surface area contributed by atoms with Crippen molar-refractivity contribution >= 4 is 39.1 Å². The molecule has 0 aromatic heterocycles. The molecule has 0 aliphatic heterocycles. The number of hydrogen-bond donors (Lipinski definition) is 3. The van der Waals surface area contributed by atoms with Crippen LogP contribution in [-0.2, 0) is 19.5 Å². The molecule has 178 valence electrons. The standard InChI is InChI=1S/C24H25N3O6S/c1-17-6-3-4-9-22(17)27-34(30,31)21-12-10-18(11-13-21)23(28)25-19-7-5-8-20(16-19)26-24(29)33-15-14-32-2/h3-13,16,27H,14-15H2,1-2H3,(H,25,28)(H,26,29). The predicted octanol–water partition coefficient (Wildman–Crippen LogP) is 4.24. The Kier molecular flexibility index (Phi) is 8.23. The molecule has 9 nitrogen and oxygen atoms in total. The van der Waals surface area contributed by atoms with Gasteiger partial charge in [0, 0.05) is 24.0 Å². The second-order valence-corrected chi connectivity index (χ2v) is 8.92. The van der Waals surface area contributed by atoms with Gasteiger partial charge in [0.25, 0.3) is 15.9 Å². The Bertz CT molecular complexity index is 1260. The molecular weight excluding hydrogens is 458 g/mol. The smallest absolute Gasteiger partial charge is 0.411 e. The van der Waals surface area contributed by atoms with E-state index in [9.17, 15) is 18.0 Å². The summed E-state index contributed by atoms with van der Waals surface area (Å²) in [5, 5.41) is 5.27. The fourth-order valence-corrected chi connectivity index (χ4v) is 4.06. The van der Waals surface area contributed by atoms with Crippen LogP contribution in [-0.4, -0.2) is 40.7 Å². The van der Waals surface area contributed by atoms with E-state index in [-0.39, 0.29) is 23.7 Å². The molecule has 0 saturated heterocycles. The second-order valence-electron chi connectivity index (χ2n) is 7.23. The number of para-hydroxylation sites is 1. The van der Waals surface area contributed by atoms with Crippen molar-refractivity contribution in [2.75, 3.05) is 35.7 Å². The number of carbonyl (C=O) groups excluding carboxylic acids is 2. The van der Waals surface area contributed by atoms with Crippen LogP contribution in [0.4, 0.5) is 21.9 Å². The summed E-state index contributed by atoms with van der Waals surface area (Å²) in [5.74, 6) is -0.435. The van der Waals surface area contributed by atoms with Crippen LogP contribution in [0.2, 0.25) is 0 Å². The van der Waals surface area contributed by atoms with Gasteiger partial charge in [-0.3, -0.25) is 14.8 Å². The zero-order valence-electron chi connectivity index (χ0n) is 18.7. The summed E-state index contributed by atoms with van der Waals surface area (Å²) in [4.78, 5) is 24.4. The number of rotatable bonds is 9. The molecule has 3 rings (SSSR count). The molecule has 0 atom stereocenters. The maximum atomic E-state index is 12.7. The minimum absolute atomic E-state index is 0.0329. The lowest BCUT2D eigenvalue weighted by Gasteiger charge is -2.11. The zero-order chi connectivity index (χ0) is 24.6. The number of benzene rings is 3. The van der Waals surface area contributed by atoms with Crippen LogP contribution in [0.15, 0.2) is 77.7 Å². The van der Waals surface area contributed by atoms with Gasteiger partial charge in [-0.25, -0.2) is 13.2 Å². The second kappa shape index (κ2) is 11.3.